The molecule has 1 atom stereocenters. The fraction of sp³-hybridized carbons (Fsp3) is 0.500. The van der Waals surface area contributed by atoms with Crippen LogP contribution in [0.1, 0.15) is 31.3 Å². The van der Waals surface area contributed by atoms with Gasteiger partial charge in [-0.15, -0.1) is 0 Å². The van der Waals surface area contributed by atoms with Gasteiger partial charge in [-0.3, -0.25) is 0 Å². The predicted octanol–water partition coefficient (Wildman–Crippen LogP) is 2.31. The fourth-order valence-corrected chi connectivity index (χ4v) is 1.70. The minimum Gasteiger partial charge on any atom is -0.477 e. The molecule has 15 heavy (non-hydrogen) atoms. The normalized spacial score (nSPS) is 12.8. The zero-order valence-corrected chi connectivity index (χ0v) is 9.78. The smallest absolute Gasteiger partial charge is 0.354 e. The van der Waals surface area contributed by atoms with E-state index >= 15 is 0 Å². The summed E-state index contributed by atoms with van der Waals surface area (Å²) in [6, 6.07) is 1.40. The van der Waals surface area contributed by atoms with Crippen LogP contribution in [0.15, 0.2) is 17.4 Å². The van der Waals surface area contributed by atoms with E-state index in [0.717, 1.165) is 0 Å². The van der Waals surface area contributed by atoms with Crippen LogP contribution < -0.4 is 0 Å². The Morgan fingerprint density at radius 3 is 2.67 bits per heavy atom. The standard InChI is InChI=1S/C10H14N2O2S/c1-6(2)7(3)15-10-11-5-4-8(12-10)9(13)14/h4-7H,1-3H3,(H,13,14). The molecule has 0 aliphatic rings. The first kappa shape index (κ1) is 12.0. The van der Waals surface area contributed by atoms with Crippen molar-refractivity contribution < 1.29 is 9.90 Å². The maximum absolute atomic E-state index is 10.7. The minimum absolute atomic E-state index is 0.0449. The molecule has 1 aromatic rings. The Labute approximate surface area is 93.1 Å². The quantitative estimate of drug-likeness (QED) is 0.630. The zero-order valence-electron chi connectivity index (χ0n) is 8.97. The van der Waals surface area contributed by atoms with Gasteiger partial charge in [0.25, 0.3) is 0 Å². The molecule has 0 saturated carbocycles. The van der Waals surface area contributed by atoms with Gasteiger partial charge < -0.3 is 5.11 Å². The van der Waals surface area contributed by atoms with Crippen LogP contribution in [0.25, 0.3) is 0 Å². The lowest BCUT2D eigenvalue weighted by Crippen LogP contribution is -2.08. The van der Waals surface area contributed by atoms with Crippen molar-refractivity contribution in [2.24, 2.45) is 5.92 Å². The molecular weight excluding hydrogens is 212 g/mol. The predicted molar refractivity (Wildman–Crippen MR) is 59.1 cm³/mol. The molecule has 82 valence electrons. The molecule has 5 heteroatoms. The second kappa shape index (κ2) is 5.11. The number of hydrogen-bond donors (Lipinski definition) is 1. The van der Waals surface area contributed by atoms with Gasteiger partial charge in [0.05, 0.1) is 0 Å². The van der Waals surface area contributed by atoms with Gasteiger partial charge >= 0.3 is 5.97 Å². The van der Waals surface area contributed by atoms with E-state index in [1.54, 1.807) is 0 Å². The van der Waals surface area contributed by atoms with Crippen LogP contribution in [-0.4, -0.2) is 26.3 Å². The third-order valence-electron chi connectivity index (χ3n) is 2.08. The molecule has 1 heterocycles. The number of aromatic carboxylic acids is 1. The van der Waals surface area contributed by atoms with E-state index in [1.165, 1.54) is 24.0 Å². The molecule has 0 amide bonds. The lowest BCUT2D eigenvalue weighted by molar-refractivity contribution is 0.0689. The molecule has 0 spiro atoms. The van der Waals surface area contributed by atoms with Crippen molar-refractivity contribution >= 4 is 17.7 Å². The zero-order chi connectivity index (χ0) is 11.4. The second-order valence-corrected chi connectivity index (χ2v) is 4.94. The van der Waals surface area contributed by atoms with Crippen molar-refractivity contribution in [3.05, 3.63) is 18.0 Å². The van der Waals surface area contributed by atoms with Gasteiger partial charge in [0.1, 0.15) is 0 Å². The van der Waals surface area contributed by atoms with E-state index in [0.29, 0.717) is 16.3 Å². The van der Waals surface area contributed by atoms with Crippen LogP contribution in [0, 0.1) is 5.92 Å². The Hall–Kier alpha value is -1.10. The highest BCUT2D eigenvalue weighted by Crippen LogP contribution is 2.24. The summed E-state index contributed by atoms with van der Waals surface area (Å²) in [6.07, 6.45) is 1.48. The summed E-state index contributed by atoms with van der Waals surface area (Å²) in [5.74, 6) is -0.511. The van der Waals surface area contributed by atoms with Crippen LogP contribution in [-0.2, 0) is 0 Å². The SMILES string of the molecule is CC(C)C(C)Sc1nccc(C(=O)O)n1. The summed E-state index contributed by atoms with van der Waals surface area (Å²) in [7, 11) is 0. The molecule has 1 unspecified atom stereocenters. The van der Waals surface area contributed by atoms with E-state index < -0.39 is 5.97 Å². The number of nitrogens with zero attached hydrogens (tertiary/aromatic N) is 2. The van der Waals surface area contributed by atoms with Gasteiger partial charge in [0.15, 0.2) is 10.9 Å². The molecule has 0 aliphatic heterocycles. The van der Waals surface area contributed by atoms with Crippen LogP contribution >= 0.6 is 11.8 Å². The summed E-state index contributed by atoms with van der Waals surface area (Å²) in [6.45, 7) is 6.30. The second-order valence-electron chi connectivity index (χ2n) is 3.60. The van der Waals surface area contributed by atoms with Crippen molar-refractivity contribution in [1.82, 2.24) is 9.97 Å². The number of carboxylic acids is 1. The lowest BCUT2D eigenvalue weighted by atomic mass is 10.2. The highest BCUT2D eigenvalue weighted by atomic mass is 32.2. The van der Waals surface area contributed by atoms with Crippen molar-refractivity contribution in [2.45, 2.75) is 31.2 Å². The molecule has 1 aromatic heterocycles. The summed E-state index contributed by atoms with van der Waals surface area (Å²) < 4.78 is 0. The fourth-order valence-electron chi connectivity index (χ4n) is 0.819. The van der Waals surface area contributed by atoms with E-state index in [2.05, 4.69) is 30.7 Å². The number of thioether (sulfide) groups is 1. The molecule has 4 nitrogen and oxygen atoms in total. The number of hydrogen-bond acceptors (Lipinski definition) is 4. The van der Waals surface area contributed by atoms with Crippen LogP contribution in [0.3, 0.4) is 0 Å². The summed E-state index contributed by atoms with van der Waals surface area (Å²) in [5.41, 5.74) is 0.0449. The Morgan fingerprint density at radius 1 is 1.47 bits per heavy atom. The summed E-state index contributed by atoms with van der Waals surface area (Å²) in [4.78, 5) is 18.7. The first-order valence-corrected chi connectivity index (χ1v) is 5.61. The van der Waals surface area contributed by atoms with Gasteiger partial charge in [-0.05, 0) is 12.0 Å². The molecule has 0 radical (unpaired) electrons. The number of carbonyl (C=O) groups is 1. The summed E-state index contributed by atoms with van der Waals surface area (Å²) in [5, 5.41) is 9.65. The molecule has 0 bridgehead atoms. The van der Waals surface area contributed by atoms with Gasteiger partial charge in [-0.25, -0.2) is 14.8 Å². The number of carboxylic acid groups (broad SMARTS) is 1. The largest absolute Gasteiger partial charge is 0.477 e. The van der Waals surface area contributed by atoms with Crippen molar-refractivity contribution in [2.75, 3.05) is 0 Å². The average Bonchev–Trinajstić information content (AvgIpc) is 2.18. The lowest BCUT2D eigenvalue weighted by Gasteiger charge is -2.13. The molecule has 1 N–H and O–H groups in total. The van der Waals surface area contributed by atoms with Gasteiger partial charge in [0.2, 0.25) is 0 Å². The van der Waals surface area contributed by atoms with E-state index in [1.807, 2.05) is 0 Å². The highest BCUT2D eigenvalue weighted by molar-refractivity contribution is 7.99. The maximum Gasteiger partial charge on any atom is 0.354 e. The minimum atomic E-state index is -1.02. The van der Waals surface area contributed by atoms with Gasteiger partial charge in [-0.1, -0.05) is 32.5 Å². The first-order chi connectivity index (χ1) is 7.00. The Kier molecular flexibility index (Phi) is 4.08. The van der Waals surface area contributed by atoms with Gasteiger partial charge in [-0.2, -0.15) is 0 Å². The van der Waals surface area contributed by atoms with E-state index in [9.17, 15) is 4.79 Å². The Bertz CT molecular complexity index is 355. The monoisotopic (exact) mass is 226 g/mol. The van der Waals surface area contributed by atoms with Crippen LogP contribution in [0.5, 0.6) is 0 Å². The first-order valence-electron chi connectivity index (χ1n) is 4.73. The topological polar surface area (TPSA) is 63.1 Å². The van der Waals surface area contributed by atoms with E-state index in [-0.39, 0.29) is 5.69 Å². The van der Waals surface area contributed by atoms with E-state index in [4.69, 9.17) is 5.11 Å². The average molecular weight is 226 g/mol. The van der Waals surface area contributed by atoms with Crippen molar-refractivity contribution in [3.8, 4) is 0 Å². The van der Waals surface area contributed by atoms with Crippen molar-refractivity contribution in [3.63, 3.8) is 0 Å². The molecule has 0 aromatic carbocycles. The van der Waals surface area contributed by atoms with Gasteiger partial charge in [0, 0.05) is 11.4 Å². The Morgan fingerprint density at radius 2 is 2.13 bits per heavy atom. The molecule has 0 aliphatic carbocycles. The summed E-state index contributed by atoms with van der Waals surface area (Å²) >= 11 is 1.50. The van der Waals surface area contributed by atoms with Crippen LogP contribution in [0.2, 0.25) is 0 Å². The Balaban J connectivity index is 2.78. The highest BCUT2D eigenvalue weighted by Gasteiger charge is 2.12. The number of rotatable bonds is 4. The third kappa shape index (κ3) is 3.51. The molecular formula is C10H14N2O2S. The third-order valence-corrected chi connectivity index (χ3v) is 3.41. The maximum atomic E-state index is 10.7. The van der Waals surface area contributed by atoms with Crippen molar-refractivity contribution in [1.29, 1.82) is 0 Å². The molecule has 0 saturated heterocycles. The van der Waals surface area contributed by atoms with Crippen LogP contribution in [0.4, 0.5) is 0 Å². The number of aromatic nitrogens is 2. The molecule has 0 fully saturated rings. The molecule has 1 rings (SSSR count).